The van der Waals surface area contributed by atoms with Crippen molar-refractivity contribution in [2.45, 2.75) is 51.0 Å². The van der Waals surface area contributed by atoms with E-state index >= 15 is 0 Å². The van der Waals surface area contributed by atoms with Gasteiger partial charge in [0.1, 0.15) is 0 Å². The molecule has 2 saturated heterocycles. The van der Waals surface area contributed by atoms with Gasteiger partial charge in [-0.15, -0.1) is 11.3 Å². The largest absolute Gasteiger partial charge is 0.343 e. The standard InChI is InChI=1S/C18H27N3O2S/c22-17(20-11-3-1-2-4-12-20)9-10-19-18(23)21-13-5-7-15(21)16-8-6-14-24-16/h6,8,14-15H,1-5,7,9-13H2,(H,19,23)/t15-/m1/s1. The number of thiophene rings is 1. The first-order valence-electron chi connectivity index (χ1n) is 9.11. The summed E-state index contributed by atoms with van der Waals surface area (Å²) in [4.78, 5) is 29.9. The van der Waals surface area contributed by atoms with Crippen LogP contribution in [-0.2, 0) is 4.79 Å². The van der Waals surface area contributed by atoms with Gasteiger partial charge in [0, 0.05) is 37.5 Å². The monoisotopic (exact) mass is 349 g/mol. The fourth-order valence-corrected chi connectivity index (χ4v) is 4.52. The highest BCUT2D eigenvalue weighted by Crippen LogP contribution is 2.34. The lowest BCUT2D eigenvalue weighted by atomic mass is 10.2. The van der Waals surface area contributed by atoms with Gasteiger partial charge in [-0.3, -0.25) is 4.79 Å². The number of nitrogens with zero attached hydrogens (tertiary/aromatic N) is 2. The topological polar surface area (TPSA) is 52.7 Å². The van der Waals surface area contributed by atoms with E-state index in [1.165, 1.54) is 17.7 Å². The van der Waals surface area contributed by atoms with Gasteiger partial charge in [-0.25, -0.2) is 4.79 Å². The molecule has 2 aliphatic rings. The highest BCUT2D eigenvalue weighted by molar-refractivity contribution is 7.10. The van der Waals surface area contributed by atoms with E-state index in [4.69, 9.17) is 0 Å². The van der Waals surface area contributed by atoms with E-state index in [0.717, 1.165) is 45.3 Å². The predicted octanol–water partition coefficient (Wildman–Crippen LogP) is 3.39. The van der Waals surface area contributed by atoms with Gasteiger partial charge in [0.15, 0.2) is 0 Å². The van der Waals surface area contributed by atoms with Crippen molar-refractivity contribution in [3.8, 4) is 0 Å². The first-order valence-corrected chi connectivity index (χ1v) is 9.99. The second kappa shape index (κ2) is 8.51. The van der Waals surface area contributed by atoms with Crippen molar-refractivity contribution in [1.29, 1.82) is 0 Å². The van der Waals surface area contributed by atoms with Gasteiger partial charge in [0.2, 0.25) is 5.91 Å². The molecule has 3 amide bonds. The van der Waals surface area contributed by atoms with Crippen molar-refractivity contribution >= 4 is 23.3 Å². The van der Waals surface area contributed by atoms with Crippen molar-refractivity contribution in [2.75, 3.05) is 26.2 Å². The van der Waals surface area contributed by atoms with Crippen LogP contribution in [0.4, 0.5) is 4.79 Å². The molecular weight excluding hydrogens is 322 g/mol. The molecule has 1 aromatic heterocycles. The highest BCUT2D eigenvalue weighted by Gasteiger charge is 2.30. The molecule has 0 bridgehead atoms. The molecule has 6 heteroatoms. The fraction of sp³-hybridized carbons (Fsp3) is 0.667. The number of likely N-dealkylation sites (tertiary alicyclic amines) is 2. The third-order valence-corrected chi connectivity index (χ3v) is 5.93. The van der Waals surface area contributed by atoms with Crippen LogP contribution in [0.1, 0.15) is 55.9 Å². The Balaban J connectivity index is 1.44. The van der Waals surface area contributed by atoms with Crippen molar-refractivity contribution in [1.82, 2.24) is 15.1 Å². The SMILES string of the molecule is O=C(CCNC(=O)N1CCC[C@@H]1c1cccs1)N1CCCCCC1. The van der Waals surface area contributed by atoms with E-state index in [9.17, 15) is 9.59 Å². The lowest BCUT2D eigenvalue weighted by Gasteiger charge is -2.25. The lowest BCUT2D eigenvalue weighted by molar-refractivity contribution is -0.131. The van der Waals surface area contributed by atoms with Crippen LogP contribution < -0.4 is 5.32 Å². The number of amides is 3. The molecule has 3 heterocycles. The Hall–Kier alpha value is -1.56. The maximum atomic E-state index is 12.5. The third kappa shape index (κ3) is 4.29. The van der Waals surface area contributed by atoms with Crippen LogP contribution in [0.25, 0.3) is 0 Å². The molecule has 0 aliphatic carbocycles. The maximum Gasteiger partial charge on any atom is 0.317 e. The van der Waals surface area contributed by atoms with Crippen LogP contribution in [0.5, 0.6) is 0 Å². The van der Waals surface area contributed by atoms with Crippen LogP contribution >= 0.6 is 11.3 Å². The van der Waals surface area contributed by atoms with E-state index in [2.05, 4.69) is 16.8 Å². The van der Waals surface area contributed by atoms with Gasteiger partial charge in [-0.05, 0) is 37.1 Å². The first-order chi connectivity index (χ1) is 11.8. The molecule has 0 saturated carbocycles. The van der Waals surface area contributed by atoms with E-state index in [0.29, 0.717) is 13.0 Å². The molecule has 3 rings (SSSR count). The second-order valence-corrected chi connectivity index (χ2v) is 7.62. The Bertz CT molecular complexity index is 538. The zero-order chi connectivity index (χ0) is 16.8. The van der Waals surface area contributed by atoms with Gasteiger partial charge >= 0.3 is 6.03 Å². The molecule has 0 radical (unpaired) electrons. The minimum atomic E-state index is -0.0328. The molecule has 0 unspecified atom stereocenters. The Morgan fingerprint density at radius 2 is 1.92 bits per heavy atom. The van der Waals surface area contributed by atoms with Crippen LogP contribution in [0.15, 0.2) is 17.5 Å². The summed E-state index contributed by atoms with van der Waals surface area (Å²) < 4.78 is 0. The first kappa shape index (κ1) is 17.3. The van der Waals surface area contributed by atoms with E-state index in [-0.39, 0.29) is 18.0 Å². The van der Waals surface area contributed by atoms with E-state index < -0.39 is 0 Å². The Morgan fingerprint density at radius 1 is 1.12 bits per heavy atom. The summed E-state index contributed by atoms with van der Waals surface area (Å²) in [5, 5.41) is 5.01. The van der Waals surface area contributed by atoms with Crippen molar-refractivity contribution in [3.63, 3.8) is 0 Å². The van der Waals surface area contributed by atoms with E-state index in [1.54, 1.807) is 11.3 Å². The molecule has 1 N–H and O–H groups in total. The average molecular weight is 350 g/mol. The molecule has 1 aromatic rings. The zero-order valence-electron chi connectivity index (χ0n) is 14.2. The molecule has 2 fully saturated rings. The smallest absolute Gasteiger partial charge is 0.317 e. The Kier molecular flexibility index (Phi) is 6.12. The number of carbonyl (C=O) groups excluding carboxylic acids is 2. The number of carbonyl (C=O) groups is 2. The van der Waals surface area contributed by atoms with Gasteiger partial charge in [-0.1, -0.05) is 18.9 Å². The van der Waals surface area contributed by atoms with Gasteiger partial charge < -0.3 is 15.1 Å². The van der Waals surface area contributed by atoms with Crippen molar-refractivity contribution in [2.24, 2.45) is 0 Å². The van der Waals surface area contributed by atoms with Crippen molar-refractivity contribution < 1.29 is 9.59 Å². The number of urea groups is 1. The summed E-state index contributed by atoms with van der Waals surface area (Å²) in [6, 6.07) is 4.30. The second-order valence-electron chi connectivity index (χ2n) is 6.64. The predicted molar refractivity (Wildman–Crippen MR) is 96.1 cm³/mol. The van der Waals surface area contributed by atoms with Crippen LogP contribution in [-0.4, -0.2) is 47.9 Å². The van der Waals surface area contributed by atoms with E-state index in [1.807, 2.05) is 15.9 Å². The number of hydrogen-bond acceptors (Lipinski definition) is 3. The number of nitrogens with one attached hydrogen (secondary N) is 1. The zero-order valence-corrected chi connectivity index (χ0v) is 15.0. The summed E-state index contributed by atoms with van der Waals surface area (Å²) in [5.74, 6) is 0.174. The summed E-state index contributed by atoms with van der Waals surface area (Å²) in [5.41, 5.74) is 0. The van der Waals surface area contributed by atoms with Crippen molar-refractivity contribution in [3.05, 3.63) is 22.4 Å². The maximum absolute atomic E-state index is 12.5. The average Bonchev–Trinajstić information content (AvgIpc) is 3.20. The molecule has 0 spiro atoms. The molecular formula is C18H27N3O2S. The minimum Gasteiger partial charge on any atom is -0.343 e. The van der Waals surface area contributed by atoms with Gasteiger partial charge in [0.05, 0.1) is 6.04 Å². The molecule has 2 aliphatic heterocycles. The number of hydrogen-bond donors (Lipinski definition) is 1. The lowest BCUT2D eigenvalue weighted by Crippen LogP contribution is -2.41. The van der Waals surface area contributed by atoms with Gasteiger partial charge in [0.25, 0.3) is 0 Å². The Morgan fingerprint density at radius 3 is 2.62 bits per heavy atom. The molecule has 0 aromatic carbocycles. The highest BCUT2D eigenvalue weighted by atomic mass is 32.1. The Labute approximate surface area is 148 Å². The molecule has 5 nitrogen and oxygen atoms in total. The quantitative estimate of drug-likeness (QED) is 0.906. The third-order valence-electron chi connectivity index (χ3n) is 4.96. The summed E-state index contributed by atoms with van der Waals surface area (Å²) >= 11 is 1.71. The fourth-order valence-electron chi connectivity index (χ4n) is 3.64. The van der Waals surface area contributed by atoms with Crippen LogP contribution in [0.2, 0.25) is 0 Å². The molecule has 24 heavy (non-hydrogen) atoms. The normalized spacial score (nSPS) is 21.6. The summed E-state index contributed by atoms with van der Waals surface area (Å²) in [7, 11) is 0. The molecule has 132 valence electrons. The van der Waals surface area contributed by atoms with Gasteiger partial charge in [-0.2, -0.15) is 0 Å². The minimum absolute atomic E-state index is 0.0328. The summed E-state index contributed by atoms with van der Waals surface area (Å²) in [6.07, 6.45) is 7.13. The van der Waals surface area contributed by atoms with Crippen LogP contribution in [0.3, 0.4) is 0 Å². The molecule has 1 atom stereocenters. The summed E-state index contributed by atoms with van der Waals surface area (Å²) in [6.45, 7) is 2.98. The van der Waals surface area contributed by atoms with Crippen LogP contribution in [0, 0.1) is 0 Å². The number of rotatable bonds is 4.